The minimum atomic E-state index is 0.111. The molecular formula is C3H8Ca. The van der Waals surface area contributed by atoms with Crippen molar-refractivity contribution in [3.05, 3.63) is 0 Å². The number of rotatable bonds is 1. The van der Waals surface area contributed by atoms with E-state index in [1.54, 1.807) is 0 Å². The molecule has 1 heteroatoms. The zero-order chi connectivity index (χ0) is 3.41. The van der Waals surface area contributed by atoms with E-state index < -0.39 is 0 Å². The van der Waals surface area contributed by atoms with E-state index >= 15 is 0 Å². The molecule has 4 heavy (non-hydrogen) atoms. The van der Waals surface area contributed by atoms with Gasteiger partial charge in [0, 0.05) is 0 Å². The van der Waals surface area contributed by atoms with Gasteiger partial charge in [0.05, 0.1) is 0 Å². The van der Waals surface area contributed by atoms with Crippen molar-refractivity contribution in [3.63, 3.8) is 0 Å². The first-order valence-electron chi connectivity index (χ1n) is 1.91. The number of hydrogen-bond donors (Lipinski definition) is 0. The van der Waals surface area contributed by atoms with Crippen LogP contribution in [0, 0.1) is 0 Å². The standard InChI is InChI=1S/C2H5.CH3.Ca/c1-2;;/h1H2,2H3;1H3;. The second-order valence-corrected chi connectivity index (χ2v) is 4.12. The van der Waals surface area contributed by atoms with Crippen LogP contribution in [-0.2, 0) is 0 Å². The molecule has 0 amide bonds. The molecule has 0 heterocycles. The molecule has 0 fully saturated rings. The van der Waals surface area contributed by atoms with Crippen LogP contribution >= 0.6 is 0 Å². The normalized spacial score (nSPS) is 5.50. The monoisotopic (exact) mass is 84.0 g/mol. The Balaban J connectivity index is 1.97. The molecule has 0 N–H and O–H groups in total. The predicted octanol–water partition coefficient (Wildman–Crippen LogP) is 1.18. The van der Waals surface area contributed by atoms with E-state index in [1.807, 2.05) is 0 Å². The molecule has 0 saturated heterocycles. The molecule has 0 aromatic heterocycles. The summed E-state index contributed by atoms with van der Waals surface area (Å²) in [5.41, 5.74) is 0. The molecule has 0 aromatic rings. The molecule has 0 spiro atoms. The van der Waals surface area contributed by atoms with Crippen molar-refractivity contribution in [2.45, 2.75) is 12.5 Å². The van der Waals surface area contributed by atoms with Crippen LogP contribution in [0.2, 0.25) is 5.54 Å². The van der Waals surface area contributed by atoms with Crippen molar-refractivity contribution in [3.8, 4) is 0 Å². The Morgan fingerprint density at radius 2 is 2.00 bits per heavy atom. The van der Waals surface area contributed by atoms with Crippen molar-refractivity contribution in [1.29, 1.82) is 0 Å². The Morgan fingerprint density at radius 3 is 2.00 bits per heavy atom. The average molecular weight is 84.2 g/mol. The molecule has 0 nitrogen and oxygen atoms in total. The molecule has 0 aliphatic rings. The topological polar surface area (TPSA) is 0 Å². The van der Waals surface area contributed by atoms with Crippen LogP contribution in [-0.4, -0.2) is 33.8 Å². The molecule has 0 aromatic carbocycles. The van der Waals surface area contributed by atoms with Crippen LogP contribution in [0.1, 0.15) is 6.92 Å². The SMILES string of the molecule is C[CH2][Ca][CH3]. The number of hydrogen-bond acceptors (Lipinski definition) is 0. The van der Waals surface area contributed by atoms with Gasteiger partial charge in [0.25, 0.3) is 0 Å². The van der Waals surface area contributed by atoms with E-state index in [9.17, 15) is 0 Å². The van der Waals surface area contributed by atoms with Gasteiger partial charge in [-0.2, -0.15) is 0 Å². The summed E-state index contributed by atoms with van der Waals surface area (Å²) in [5.74, 6) is 0. The Morgan fingerprint density at radius 1 is 1.75 bits per heavy atom. The van der Waals surface area contributed by atoms with Crippen molar-refractivity contribution < 1.29 is 0 Å². The summed E-state index contributed by atoms with van der Waals surface area (Å²) in [6.45, 7) is 2.26. The molecule has 0 atom stereocenters. The van der Waals surface area contributed by atoms with Gasteiger partial charge in [-0.15, -0.1) is 0 Å². The van der Waals surface area contributed by atoms with E-state index in [0.29, 0.717) is 0 Å². The van der Waals surface area contributed by atoms with Crippen LogP contribution in [0.15, 0.2) is 0 Å². The van der Waals surface area contributed by atoms with Gasteiger partial charge in [-0.25, -0.2) is 0 Å². The summed E-state index contributed by atoms with van der Waals surface area (Å²) in [7, 11) is 0. The molecule has 22 valence electrons. The molecule has 0 radical (unpaired) electrons. The van der Waals surface area contributed by atoms with Crippen molar-refractivity contribution in [2.75, 3.05) is 0 Å². The molecule has 0 saturated carbocycles. The zero-order valence-corrected chi connectivity index (χ0v) is 5.62. The van der Waals surface area contributed by atoms with Crippen molar-refractivity contribution in [1.82, 2.24) is 0 Å². The fourth-order valence-corrected chi connectivity index (χ4v) is 0. The van der Waals surface area contributed by atoms with E-state index in [0.717, 1.165) is 0 Å². The van der Waals surface area contributed by atoms with Gasteiger partial charge in [0.1, 0.15) is 0 Å². The Kier molecular flexibility index (Phi) is 5.60. The third-order valence-electron chi connectivity index (χ3n) is 0.500. The average Bonchev–Trinajstić information content (AvgIpc) is 1.37. The minimum absolute atomic E-state index is 0.111. The summed E-state index contributed by atoms with van der Waals surface area (Å²) < 4.78 is 3.88. The second-order valence-electron chi connectivity index (χ2n) is 1.000. The van der Waals surface area contributed by atoms with E-state index in [-0.39, 0.29) is 33.8 Å². The third-order valence-corrected chi connectivity index (χ3v) is 2.06. The van der Waals surface area contributed by atoms with Crippen LogP contribution in [0.5, 0.6) is 0 Å². The Labute approximate surface area is 45.9 Å². The molecule has 0 bridgehead atoms. The van der Waals surface area contributed by atoms with Gasteiger partial charge in [-0.3, -0.25) is 0 Å². The first-order chi connectivity index (χ1) is 1.91. The summed E-state index contributed by atoms with van der Waals surface area (Å²) in [6, 6.07) is 0. The van der Waals surface area contributed by atoms with E-state index in [4.69, 9.17) is 0 Å². The van der Waals surface area contributed by atoms with Crippen molar-refractivity contribution in [2.24, 2.45) is 0 Å². The first kappa shape index (κ1) is 5.26. The van der Waals surface area contributed by atoms with Gasteiger partial charge >= 0.3 is 46.3 Å². The Hall–Kier alpha value is 1.26. The quantitative estimate of drug-likeness (QED) is 0.418. The van der Waals surface area contributed by atoms with Crippen LogP contribution in [0.25, 0.3) is 0 Å². The second kappa shape index (κ2) is 4.26. The maximum atomic E-state index is 2.37. The van der Waals surface area contributed by atoms with Gasteiger partial charge in [-0.1, -0.05) is 0 Å². The fraction of sp³-hybridized carbons (Fsp3) is 1.00. The zero-order valence-electron chi connectivity index (χ0n) is 3.41. The summed E-state index contributed by atoms with van der Waals surface area (Å²) >= 11 is 0.111. The van der Waals surface area contributed by atoms with Gasteiger partial charge < -0.3 is 0 Å². The predicted molar refractivity (Wildman–Crippen MR) is 22.1 cm³/mol. The summed E-state index contributed by atoms with van der Waals surface area (Å²) in [5, 5.41) is 0. The Bertz CT molecular complexity index is 5.25. The van der Waals surface area contributed by atoms with Crippen LogP contribution in [0.3, 0.4) is 0 Å². The fourth-order valence-electron chi connectivity index (χ4n) is 0. The van der Waals surface area contributed by atoms with E-state index in [1.165, 1.54) is 2.52 Å². The van der Waals surface area contributed by atoms with E-state index in [2.05, 4.69) is 9.94 Å². The molecule has 0 aliphatic heterocycles. The summed E-state index contributed by atoms with van der Waals surface area (Å²) in [4.78, 5) is 0. The van der Waals surface area contributed by atoms with Crippen LogP contribution < -0.4 is 0 Å². The third kappa shape index (κ3) is 3.26. The van der Waals surface area contributed by atoms with Crippen LogP contribution in [0.4, 0.5) is 0 Å². The van der Waals surface area contributed by atoms with Gasteiger partial charge in [-0.05, 0) is 0 Å². The molecule has 0 unspecified atom stereocenters. The first-order valence-corrected chi connectivity index (χ1v) is 5.68. The van der Waals surface area contributed by atoms with Crippen molar-refractivity contribution >= 4 is 33.8 Å². The molecule has 0 aliphatic carbocycles. The molecule has 0 rings (SSSR count). The van der Waals surface area contributed by atoms with Gasteiger partial charge in [0.15, 0.2) is 0 Å². The maximum absolute atomic E-state index is 2.37. The van der Waals surface area contributed by atoms with Gasteiger partial charge in [0.2, 0.25) is 0 Å². The summed E-state index contributed by atoms with van der Waals surface area (Å²) in [6.07, 6.45) is 0. The molecular weight excluding hydrogens is 76.1 g/mol.